The number of carboxylic acid groups (broad SMARTS) is 1. The molecule has 8 heteroatoms. The molecule has 0 spiro atoms. The van der Waals surface area contributed by atoms with Crippen molar-refractivity contribution in [3.8, 4) is 0 Å². The Morgan fingerprint density at radius 3 is 3.06 bits per heavy atom. The number of hydrogen-bond acceptors (Lipinski definition) is 6. The summed E-state index contributed by atoms with van der Waals surface area (Å²) in [7, 11) is 0. The van der Waals surface area contributed by atoms with Crippen molar-refractivity contribution in [2.45, 2.75) is 24.3 Å². The van der Waals surface area contributed by atoms with Crippen LogP contribution in [0.5, 0.6) is 0 Å². The second kappa shape index (κ2) is 4.20. The Morgan fingerprint density at radius 2 is 2.33 bits per heavy atom. The van der Waals surface area contributed by atoms with Gasteiger partial charge in [-0.3, -0.25) is 4.79 Å². The molecular formula is C10H11N5O2S. The average Bonchev–Trinajstić information content (AvgIpc) is 2.92. The molecule has 1 aliphatic carbocycles. The van der Waals surface area contributed by atoms with Crippen LogP contribution in [0.4, 0.5) is 0 Å². The van der Waals surface area contributed by atoms with Gasteiger partial charge < -0.3 is 5.11 Å². The van der Waals surface area contributed by atoms with Gasteiger partial charge in [0.05, 0.1) is 6.42 Å². The molecule has 7 nitrogen and oxygen atoms in total. The largest absolute Gasteiger partial charge is 0.481 e. The number of carbonyl (C=O) groups is 1. The third kappa shape index (κ3) is 2.28. The molecule has 0 bridgehead atoms. The van der Waals surface area contributed by atoms with E-state index in [-0.39, 0.29) is 11.8 Å². The lowest BCUT2D eigenvalue weighted by Crippen LogP contribution is -2.11. The molecule has 0 unspecified atom stereocenters. The summed E-state index contributed by atoms with van der Waals surface area (Å²) in [6.07, 6.45) is 2.21. The maximum atomic E-state index is 10.8. The van der Waals surface area contributed by atoms with Crippen molar-refractivity contribution in [3.63, 3.8) is 0 Å². The Balaban J connectivity index is 1.67. The number of rotatable bonds is 5. The third-order valence-corrected chi connectivity index (χ3v) is 4.32. The fraction of sp³-hybridized carbons (Fsp3) is 0.500. The predicted octanol–water partition coefficient (Wildman–Crippen LogP) is 0.866. The van der Waals surface area contributed by atoms with Crippen molar-refractivity contribution in [1.29, 1.82) is 0 Å². The summed E-state index contributed by atoms with van der Waals surface area (Å²) < 4.78 is 1.37. The highest BCUT2D eigenvalue weighted by Crippen LogP contribution is 2.51. The van der Waals surface area contributed by atoms with Gasteiger partial charge in [0.1, 0.15) is 5.03 Å². The van der Waals surface area contributed by atoms with Crippen LogP contribution >= 0.6 is 11.8 Å². The van der Waals surface area contributed by atoms with Gasteiger partial charge in [-0.2, -0.15) is 0 Å². The van der Waals surface area contributed by atoms with Crippen LogP contribution in [0.1, 0.15) is 19.3 Å². The molecule has 1 N–H and O–H groups in total. The van der Waals surface area contributed by atoms with E-state index >= 15 is 0 Å². The van der Waals surface area contributed by atoms with E-state index in [0.717, 1.165) is 23.6 Å². The van der Waals surface area contributed by atoms with E-state index in [9.17, 15) is 4.79 Å². The van der Waals surface area contributed by atoms with E-state index in [1.807, 2.05) is 6.07 Å². The van der Waals surface area contributed by atoms with E-state index in [1.165, 1.54) is 4.63 Å². The highest BCUT2D eigenvalue weighted by atomic mass is 32.2. The zero-order valence-corrected chi connectivity index (χ0v) is 10.3. The second-order valence-electron chi connectivity index (χ2n) is 4.56. The van der Waals surface area contributed by atoms with Crippen molar-refractivity contribution in [3.05, 3.63) is 12.1 Å². The smallest absolute Gasteiger partial charge is 0.303 e. The lowest BCUT2D eigenvalue weighted by Gasteiger charge is -2.10. The summed E-state index contributed by atoms with van der Waals surface area (Å²) in [5.41, 5.74) is 0.569. The van der Waals surface area contributed by atoms with Gasteiger partial charge in [0.15, 0.2) is 5.65 Å². The highest BCUT2D eigenvalue weighted by molar-refractivity contribution is 7.99. The summed E-state index contributed by atoms with van der Waals surface area (Å²) in [5, 5.41) is 24.9. The molecule has 0 aromatic carbocycles. The van der Waals surface area contributed by atoms with Crippen molar-refractivity contribution in [2.75, 3.05) is 5.75 Å². The van der Waals surface area contributed by atoms with Crippen LogP contribution < -0.4 is 0 Å². The lowest BCUT2D eigenvalue weighted by molar-refractivity contribution is -0.138. The molecule has 2 aromatic heterocycles. The minimum Gasteiger partial charge on any atom is -0.481 e. The first-order valence-electron chi connectivity index (χ1n) is 5.57. The van der Waals surface area contributed by atoms with E-state index in [4.69, 9.17) is 5.11 Å². The van der Waals surface area contributed by atoms with Gasteiger partial charge in [0.2, 0.25) is 0 Å². The molecule has 1 aliphatic rings. The van der Waals surface area contributed by atoms with E-state index in [2.05, 4.69) is 20.6 Å². The van der Waals surface area contributed by atoms with Crippen molar-refractivity contribution >= 4 is 23.4 Å². The first-order chi connectivity index (χ1) is 8.67. The standard InChI is InChI=1S/C10H11N5O2S/c16-9(17)5-10(3-4-10)6-18-8-2-1-7-11-13-14-15(7)12-8/h1-2H,3-6H2,(H,16,17). The number of aliphatic carboxylic acids is 1. The van der Waals surface area contributed by atoms with Gasteiger partial charge in [0.25, 0.3) is 0 Å². The predicted molar refractivity (Wildman–Crippen MR) is 63.2 cm³/mol. The second-order valence-corrected chi connectivity index (χ2v) is 5.55. The molecule has 1 fully saturated rings. The Morgan fingerprint density at radius 1 is 1.50 bits per heavy atom. The first kappa shape index (κ1) is 11.4. The summed E-state index contributed by atoms with van der Waals surface area (Å²) >= 11 is 1.56. The SMILES string of the molecule is O=C(O)CC1(CSc2ccc3nnnn3n2)CC1. The minimum absolute atomic E-state index is 0.0340. The van der Waals surface area contributed by atoms with E-state index in [0.29, 0.717) is 5.65 Å². The van der Waals surface area contributed by atoms with Crippen LogP contribution in [0.15, 0.2) is 17.2 Å². The van der Waals surface area contributed by atoms with Crippen LogP contribution in [-0.4, -0.2) is 42.1 Å². The molecule has 3 rings (SSSR count). The highest BCUT2D eigenvalue weighted by Gasteiger charge is 2.44. The fourth-order valence-corrected chi connectivity index (χ4v) is 2.95. The summed E-state index contributed by atoms with van der Waals surface area (Å²) in [5.74, 6) is 0.0527. The van der Waals surface area contributed by atoms with Crippen molar-refractivity contribution < 1.29 is 9.90 Å². The lowest BCUT2D eigenvalue weighted by atomic mass is 10.1. The molecule has 0 radical (unpaired) electrons. The molecule has 0 atom stereocenters. The number of thioether (sulfide) groups is 1. The molecule has 0 amide bonds. The van der Waals surface area contributed by atoms with Gasteiger partial charge in [-0.25, -0.2) is 0 Å². The summed E-state index contributed by atoms with van der Waals surface area (Å²) in [4.78, 5) is 10.8. The number of nitrogens with zero attached hydrogens (tertiary/aromatic N) is 5. The van der Waals surface area contributed by atoms with Gasteiger partial charge in [-0.15, -0.1) is 26.6 Å². The topological polar surface area (TPSA) is 93.3 Å². The van der Waals surface area contributed by atoms with Crippen LogP contribution in [0, 0.1) is 5.41 Å². The molecule has 18 heavy (non-hydrogen) atoms. The number of tetrazole rings is 1. The van der Waals surface area contributed by atoms with Gasteiger partial charge in [0, 0.05) is 5.75 Å². The molecule has 0 aliphatic heterocycles. The van der Waals surface area contributed by atoms with Gasteiger partial charge >= 0.3 is 5.97 Å². The monoisotopic (exact) mass is 265 g/mol. The first-order valence-corrected chi connectivity index (χ1v) is 6.56. The molecule has 2 aromatic rings. The summed E-state index contributed by atoms with van der Waals surface area (Å²) in [6.45, 7) is 0. The number of fused-ring (bicyclic) bond motifs is 1. The zero-order valence-electron chi connectivity index (χ0n) is 9.48. The average molecular weight is 265 g/mol. The number of aromatic nitrogens is 5. The van der Waals surface area contributed by atoms with E-state index < -0.39 is 5.97 Å². The quantitative estimate of drug-likeness (QED) is 0.801. The Hall–Kier alpha value is -1.70. The molecule has 94 valence electrons. The maximum Gasteiger partial charge on any atom is 0.303 e. The third-order valence-electron chi connectivity index (χ3n) is 3.05. The maximum absolute atomic E-state index is 10.8. The van der Waals surface area contributed by atoms with E-state index in [1.54, 1.807) is 17.8 Å². The molecular weight excluding hydrogens is 254 g/mol. The van der Waals surface area contributed by atoms with Crippen molar-refractivity contribution in [2.24, 2.45) is 5.41 Å². The Bertz CT molecular complexity index is 595. The van der Waals surface area contributed by atoms with Crippen LogP contribution in [-0.2, 0) is 4.79 Å². The number of hydrogen-bond donors (Lipinski definition) is 1. The molecule has 1 saturated carbocycles. The Labute approximate surface area is 107 Å². The van der Waals surface area contributed by atoms with Crippen LogP contribution in [0.3, 0.4) is 0 Å². The number of carboxylic acids is 1. The minimum atomic E-state index is -0.725. The van der Waals surface area contributed by atoms with Crippen molar-refractivity contribution in [1.82, 2.24) is 25.3 Å². The fourth-order valence-electron chi connectivity index (χ4n) is 1.81. The van der Waals surface area contributed by atoms with Gasteiger partial charge in [-0.1, -0.05) is 0 Å². The normalized spacial score (nSPS) is 16.9. The Kier molecular flexibility index (Phi) is 2.66. The van der Waals surface area contributed by atoms with Gasteiger partial charge in [-0.05, 0) is 40.8 Å². The zero-order chi connectivity index (χ0) is 12.6. The van der Waals surface area contributed by atoms with Crippen LogP contribution in [0.2, 0.25) is 0 Å². The van der Waals surface area contributed by atoms with Crippen LogP contribution in [0.25, 0.3) is 5.65 Å². The molecule has 0 saturated heterocycles. The molecule has 2 heterocycles. The summed E-state index contributed by atoms with van der Waals surface area (Å²) in [6, 6.07) is 3.65.